The Bertz CT molecular complexity index is 267. The van der Waals surface area contributed by atoms with Gasteiger partial charge in [0, 0.05) is 35.2 Å². The van der Waals surface area contributed by atoms with Gasteiger partial charge in [-0.3, -0.25) is 0 Å². The van der Waals surface area contributed by atoms with Gasteiger partial charge < -0.3 is 10.8 Å². The van der Waals surface area contributed by atoms with Crippen molar-refractivity contribution in [3.63, 3.8) is 0 Å². The van der Waals surface area contributed by atoms with Crippen molar-refractivity contribution in [1.82, 2.24) is 0 Å². The van der Waals surface area contributed by atoms with Gasteiger partial charge in [-0.05, 0) is 12.1 Å². The van der Waals surface area contributed by atoms with Gasteiger partial charge in [0.05, 0.1) is 5.56 Å². The summed E-state index contributed by atoms with van der Waals surface area (Å²) < 4.78 is 0. The second-order valence-corrected chi connectivity index (χ2v) is 1.89. The Morgan fingerprint density at radius 1 is 1.33 bits per heavy atom. The van der Waals surface area contributed by atoms with Crippen molar-refractivity contribution in [2.75, 3.05) is 5.73 Å². The van der Waals surface area contributed by atoms with E-state index in [4.69, 9.17) is 10.8 Å². The number of carboxylic acid groups (broad SMARTS) is 1. The maximum absolute atomic E-state index is 10.3. The van der Waals surface area contributed by atoms with E-state index < -0.39 is 5.97 Å². The first kappa shape index (κ1) is 14.3. The first-order chi connectivity index (χ1) is 4.72. The normalized spacial score (nSPS) is 7.67. The van der Waals surface area contributed by atoms with E-state index in [2.05, 4.69) is 0 Å². The van der Waals surface area contributed by atoms with Crippen LogP contribution in [0.15, 0.2) is 24.3 Å². The topological polar surface area (TPSA) is 63.3 Å². The average Bonchev–Trinajstić information content (AvgIpc) is 1.88. The molecule has 1 rings (SSSR count). The van der Waals surface area contributed by atoms with Gasteiger partial charge in [-0.25, -0.2) is 4.79 Å². The van der Waals surface area contributed by atoms with Crippen molar-refractivity contribution in [3.8, 4) is 0 Å². The maximum atomic E-state index is 10.3. The van der Waals surface area contributed by atoms with Gasteiger partial charge in [0.25, 0.3) is 0 Å². The molecule has 0 aliphatic heterocycles. The molecule has 3 nitrogen and oxygen atoms in total. The molecule has 0 spiro atoms. The number of rotatable bonds is 1. The van der Waals surface area contributed by atoms with Crippen LogP contribution in [0.5, 0.6) is 0 Å². The smallest absolute Gasteiger partial charge is 0.337 e. The van der Waals surface area contributed by atoms with Gasteiger partial charge >= 0.3 is 5.97 Å². The minimum absolute atomic E-state index is 0. The Hall–Kier alpha value is -0.220. The molecular formula is C7H8ClNNaO2. The Balaban J connectivity index is 0. The van der Waals surface area contributed by atoms with Crippen molar-refractivity contribution in [1.29, 1.82) is 0 Å². The second-order valence-electron chi connectivity index (χ2n) is 1.89. The summed E-state index contributed by atoms with van der Waals surface area (Å²) in [6.45, 7) is 0. The first-order valence-corrected chi connectivity index (χ1v) is 2.79. The van der Waals surface area contributed by atoms with E-state index in [1.807, 2.05) is 0 Å². The van der Waals surface area contributed by atoms with E-state index in [0.717, 1.165) is 0 Å². The second kappa shape index (κ2) is 6.31. The molecule has 1 aromatic carbocycles. The zero-order valence-electron chi connectivity index (χ0n) is 6.65. The number of nitrogen functional groups attached to an aromatic ring is 1. The summed E-state index contributed by atoms with van der Waals surface area (Å²) in [5, 5.41) is 8.49. The van der Waals surface area contributed by atoms with Crippen LogP contribution >= 0.6 is 12.4 Å². The number of anilines is 1. The van der Waals surface area contributed by atoms with Crippen molar-refractivity contribution in [2.45, 2.75) is 0 Å². The molecule has 0 aliphatic rings. The van der Waals surface area contributed by atoms with E-state index in [9.17, 15) is 4.79 Å². The molecule has 12 heavy (non-hydrogen) atoms. The third kappa shape index (κ3) is 3.45. The number of aromatic carboxylic acids is 1. The van der Waals surface area contributed by atoms with Crippen molar-refractivity contribution >= 4 is 53.6 Å². The fourth-order valence-corrected chi connectivity index (χ4v) is 0.692. The molecular weight excluding hydrogens is 189 g/mol. The van der Waals surface area contributed by atoms with E-state index in [1.54, 1.807) is 18.2 Å². The minimum Gasteiger partial charge on any atom is -0.478 e. The third-order valence-electron chi connectivity index (χ3n) is 1.19. The summed E-state index contributed by atoms with van der Waals surface area (Å²) in [6.07, 6.45) is 0. The first-order valence-electron chi connectivity index (χ1n) is 2.79. The summed E-state index contributed by atoms with van der Waals surface area (Å²) in [4.78, 5) is 10.3. The maximum Gasteiger partial charge on any atom is 0.337 e. The molecule has 1 aromatic rings. The SMILES string of the molecule is Cl.Nc1ccccc1C(=O)O.[Na]. The van der Waals surface area contributed by atoms with Gasteiger partial charge in [-0.15, -0.1) is 12.4 Å². The fourth-order valence-electron chi connectivity index (χ4n) is 0.692. The zero-order chi connectivity index (χ0) is 7.56. The summed E-state index contributed by atoms with van der Waals surface area (Å²) in [6, 6.07) is 6.36. The van der Waals surface area contributed by atoms with Gasteiger partial charge in [0.2, 0.25) is 0 Å². The van der Waals surface area contributed by atoms with Crippen molar-refractivity contribution in [2.24, 2.45) is 0 Å². The van der Waals surface area contributed by atoms with Crippen LogP contribution in [-0.4, -0.2) is 40.6 Å². The molecule has 3 N–H and O–H groups in total. The Kier molecular flexibility index (Phi) is 7.53. The predicted molar refractivity (Wildman–Crippen MR) is 50.8 cm³/mol. The monoisotopic (exact) mass is 196 g/mol. The largest absolute Gasteiger partial charge is 0.478 e. The number of para-hydroxylation sites is 1. The number of benzene rings is 1. The average molecular weight is 197 g/mol. The number of nitrogens with two attached hydrogens (primary N) is 1. The molecule has 0 saturated heterocycles. The van der Waals surface area contributed by atoms with Gasteiger partial charge in [0.1, 0.15) is 0 Å². The van der Waals surface area contributed by atoms with E-state index >= 15 is 0 Å². The van der Waals surface area contributed by atoms with Crippen LogP contribution in [0.3, 0.4) is 0 Å². The molecule has 0 fully saturated rings. The molecule has 0 amide bonds. The zero-order valence-corrected chi connectivity index (χ0v) is 9.47. The van der Waals surface area contributed by atoms with Gasteiger partial charge in [0.15, 0.2) is 0 Å². The van der Waals surface area contributed by atoms with Crippen molar-refractivity contribution in [3.05, 3.63) is 29.8 Å². The van der Waals surface area contributed by atoms with Crippen LogP contribution in [0.4, 0.5) is 5.69 Å². The van der Waals surface area contributed by atoms with Crippen LogP contribution in [0.2, 0.25) is 0 Å². The number of carbonyl (C=O) groups is 1. The van der Waals surface area contributed by atoms with Crippen LogP contribution in [0, 0.1) is 0 Å². The number of hydrogen-bond acceptors (Lipinski definition) is 2. The number of halogens is 1. The van der Waals surface area contributed by atoms with Crippen LogP contribution in [0.1, 0.15) is 10.4 Å². The Morgan fingerprint density at radius 2 is 1.83 bits per heavy atom. The van der Waals surface area contributed by atoms with E-state index in [0.29, 0.717) is 5.69 Å². The molecule has 0 heterocycles. The number of carboxylic acids is 1. The Labute approximate surface area is 98.7 Å². The molecule has 1 radical (unpaired) electrons. The molecule has 0 saturated carbocycles. The molecule has 5 heteroatoms. The summed E-state index contributed by atoms with van der Waals surface area (Å²) in [5.41, 5.74) is 5.80. The quantitative estimate of drug-likeness (QED) is 0.521. The van der Waals surface area contributed by atoms with Crippen LogP contribution in [-0.2, 0) is 0 Å². The van der Waals surface area contributed by atoms with Crippen LogP contribution < -0.4 is 5.73 Å². The molecule has 61 valence electrons. The molecule has 0 unspecified atom stereocenters. The molecule has 0 bridgehead atoms. The molecule has 0 aromatic heterocycles. The molecule has 0 atom stereocenters. The fraction of sp³-hybridized carbons (Fsp3) is 0. The van der Waals surface area contributed by atoms with Gasteiger partial charge in [-0.1, -0.05) is 12.1 Å². The minimum atomic E-state index is -0.988. The van der Waals surface area contributed by atoms with Crippen LogP contribution in [0.25, 0.3) is 0 Å². The summed E-state index contributed by atoms with van der Waals surface area (Å²) in [7, 11) is 0. The van der Waals surface area contributed by atoms with Gasteiger partial charge in [-0.2, -0.15) is 0 Å². The third-order valence-corrected chi connectivity index (χ3v) is 1.19. The number of hydrogen-bond donors (Lipinski definition) is 2. The predicted octanol–water partition coefficient (Wildman–Crippen LogP) is 1.01. The Morgan fingerprint density at radius 3 is 2.17 bits per heavy atom. The summed E-state index contributed by atoms with van der Waals surface area (Å²) in [5.74, 6) is -0.988. The standard InChI is InChI=1S/C7H7NO2.ClH.Na/c8-6-4-2-1-3-5(6)7(9)10;;/h1-4H,8H2,(H,9,10);1H;. The van der Waals surface area contributed by atoms with Crippen molar-refractivity contribution < 1.29 is 9.90 Å². The van der Waals surface area contributed by atoms with E-state index in [-0.39, 0.29) is 47.5 Å². The molecule has 0 aliphatic carbocycles. The van der Waals surface area contributed by atoms with E-state index in [1.165, 1.54) is 6.07 Å². The summed E-state index contributed by atoms with van der Waals surface area (Å²) >= 11 is 0.